The van der Waals surface area contributed by atoms with E-state index in [4.69, 9.17) is 9.47 Å². The van der Waals surface area contributed by atoms with Crippen LogP contribution in [0.25, 0.3) is 5.70 Å². The average molecular weight is 471 g/mol. The van der Waals surface area contributed by atoms with Crippen LogP contribution < -0.4 is 10.1 Å². The fourth-order valence-electron chi connectivity index (χ4n) is 4.02. The van der Waals surface area contributed by atoms with Crippen molar-refractivity contribution >= 4 is 17.6 Å². The molecule has 1 unspecified atom stereocenters. The van der Waals surface area contributed by atoms with Crippen molar-refractivity contribution in [3.05, 3.63) is 113 Å². The van der Waals surface area contributed by atoms with Gasteiger partial charge in [0.2, 0.25) is 5.95 Å². The minimum absolute atomic E-state index is 0.248. The second-order valence-electron chi connectivity index (χ2n) is 7.92. The first-order valence-corrected chi connectivity index (χ1v) is 11.2. The van der Waals surface area contributed by atoms with Gasteiger partial charge in [0.05, 0.1) is 17.9 Å². The van der Waals surface area contributed by atoms with E-state index in [1.54, 1.807) is 23.7 Å². The lowest BCUT2D eigenvalue weighted by atomic mass is 9.93. The van der Waals surface area contributed by atoms with Gasteiger partial charge in [0.25, 0.3) is 0 Å². The van der Waals surface area contributed by atoms with E-state index >= 15 is 0 Å². The van der Waals surface area contributed by atoms with Crippen LogP contribution in [0, 0.1) is 5.82 Å². The van der Waals surface area contributed by atoms with Crippen LogP contribution in [0.5, 0.6) is 5.75 Å². The topological polar surface area (TPSA) is 78.3 Å². The molecule has 0 radical (unpaired) electrons. The van der Waals surface area contributed by atoms with Crippen molar-refractivity contribution in [2.75, 3.05) is 11.9 Å². The zero-order valence-electron chi connectivity index (χ0n) is 19.0. The smallest absolute Gasteiger partial charge is 0.338 e. The van der Waals surface area contributed by atoms with Gasteiger partial charge in [-0.25, -0.2) is 13.9 Å². The lowest BCUT2D eigenvalue weighted by Crippen LogP contribution is -2.30. The molecular formula is C27H23FN4O3. The van der Waals surface area contributed by atoms with Crippen LogP contribution in [-0.2, 0) is 16.1 Å². The Balaban J connectivity index is 1.50. The third-order valence-corrected chi connectivity index (χ3v) is 5.67. The summed E-state index contributed by atoms with van der Waals surface area (Å²) < 4.78 is 26.1. The summed E-state index contributed by atoms with van der Waals surface area (Å²) in [5.41, 5.74) is 3.60. The highest BCUT2D eigenvalue weighted by atomic mass is 19.1. The Hall–Kier alpha value is -4.46. The molecule has 1 aromatic heterocycles. The van der Waals surface area contributed by atoms with Crippen LogP contribution >= 0.6 is 0 Å². The number of carbonyl (C=O) groups excluding carboxylic acids is 1. The van der Waals surface area contributed by atoms with Gasteiger partial charge >= 0.3 is 5.97 Å². The number of nitrogens with zero attached hydrogens (tertiary/aromatic N) is 3. The minimum Gasteiger partial charge on any atom is -0.489 e. The highest BCUT2D eigenvalue weighted by Gasteiger charge is 2.36. The lowest BCUT2D eigenvalue weighted by Gasteiger charge is -2.29. The zero-order chi connectivity index (χ0) is 24.2. The standard InChI is InChI=1S/C27H23FN4O3/c1-2-34-26(33)23-24(19-6-4-3-5-7-19)31-27-29-17-30-32(27)25(23)20-10-14-22(15-11-20)35-16-18-8-12-21(28)13-9-18/h3-15,17,25H,2,16H2,1H3,(H,29,30,31). The third kappa shape index (κ3) is 4.63. The molecule has 7 nitrogen and oxygen atoms in total. The Morgan fingerprint density at radius 1 is 1.03 bits per heavy atom. The molecule has 0 fully saturated rings. The zero-order valence-corrected chi connectivity index (χ0v) is 19.0. The molecule has 0 saturated heterocycles. The van der Waals surface area contributed by atoms with Gasteiger partial charge in [0, 0.05) is 0 Å². The number of halogens is 1. The highest BCUT2D eigenvalue weighted by molar-refractivity contribution is 6.02. The Labute approximate surface area is 201 Å². The summed E-state index contributed by atoms with van der Waals surface area (Å²) in [5.74, 6) is 0.462. The fraction of sp³-hybridized carbons (Fsp3) is 0.148. The molecule has 3 aromatic carbocycles. The number of anilines is 1. The second-order valence-corrected chi connectivity index (χ2v) is 7.92. The fourth-order valence-corrected chi connectivity index (χ4v) is 4.02. The molecule has 0 aliphatic carbocycles. The van der Waals surface area contributed by atoms with Crippen molar-refractivity contribution in [2.24, 2.45) is 0 Å². The van der Waals surface area contributed by atoms with Gasteiger partial charge in [-0.2, -0.15) is 10.1 Å². The maximum atomic E-state index is 13.2. The first-order valence-electron chi connectivity index (χ1n) is 11.2. The molecule has 1 N–H and O–H groups in total. The molecule has 8 heteroatoms. The summed E-state index contributed by atoms with van der Waals surface area (Å²) in [6.45, 7) is 2.34. The summed E-state index contributed by atoms with van der Waals surface area (Å²) in [4.78, 5) is 17.6. The molecule has 1 atom stereocenters. The molecule has 1 aliphatic heterocycles. The van der Waals surface area contributed by atoms with Gasteiger partial charge in [-0.15, -0.1) is 0 Å². The van der Waals surface area contributed by atoms with E-state index in [9.17, 15) is 9.18 Å². The number of fused-ring (bicyclic) bond motifs is 1. The number of aromatic nitrogens is 3. The van der Waals surface area contributed by atoms with Crippen molar-refractivity contribution in [3.63, 3.8) is 0 Å². The molecular weight excluding hydrogens is 447 g/mol. The van der Waals surface area contributed by atoms with E-state index < -0.39 is 12.0 Å². The first-order chi connectivity index (χ1) is 17.1. The van der Waals surface area contributed by atoms with Crippen LogP contribution in [0.1, 0.15) is 29.7 Å². The van der Waals surface area contributed by atoms with Crippen molar-refractivity contribution in [3.8, 4) is 5.75 Å². The number of esters is 1. The van der Waals surface area contributed by atoms with E-state index in [2.05, 4.69) is 15.4 Å². The second kappa shape index (κ2) is 9.80. The van der Waals surface area contributed by atoms with Gasteiger partial charge in [-0.05, 0) is 47.9 Å². The molecule has 176 valence electrons. The normalized spacial score (nSPS) is 14.7. The van der Waals surface area contributed by atoms with Crippen molar-refractivity contribution in [1.29, 1.82) is 0 Å². The molecule has 4 aromatic rings. The number of carbonyl (C=O) groups is 1. The summed E-state index contributed by atoms with van der Waals surface area (Å²) in [5, 5.41) is 7.63. The Morgan fingerprint density at radius 3 is 2.49 bits per heavy atom. The van der Waals surface area contributed by atoms with Gasteiger partial charge in [0.15, 0.2) is 0 Å². The summed E-state index contributed by atoms with van der Waals surface area (Å²) in [6, 6.07) is 22.7. The highest BCUT2D eigenvalue weighted by Crippen LogP contribution is 2.39. The van der Waals surface area contributed by atoms with Crippen molar-refractivity contribution in [2.45, 2.75) is 19.6 Å². The monoisotopic (exact) mass is 470 g/mol. The quantitative estimate of drug-likeness (QED) is 0.384. The van der Waals surface area contributed by atoms with Crippen LogP contribution in [0.2, 0.25) is 0 Å². The number of ether oxygens (including phenoxy) is 2. The number of benzene rings is 3. The van der Waals surface area contributed by atoms with Crippen LogP contribution in [0.4, 0.5) is 10.3 Å². The van der Waals surface area contributed by atoms with E-state index in [0.29, 0.717) is 29.6 Å². The Morgan fingerprint density at radius 2 is 1.77 bits per heavy atom. The number of hydrogen-bond acceptors (Lipinski definition) is 6. The first kappa shape index (κ1) is 22.3. The van der Waals surface area contributed by atoms with Crippen molar-refractivity contribution in [1.82, 2.24) is 14.8 Å². The Bertz CT molecular complexity index is 1350. The number of rotatable bonds is 7. The predicted molar refractivity (Wildman–Crippen MR) is 129 cm³/mol. The van der Waals surface area contributed by atoms with E-state index in [-0.39, 0.29) is 12.4 Å². The largest absolute Gasteiger partial charge is 0.489 e. The van der Waals surface area contributed by atoms with E-state index in [1.807, 2.05) is 54.6 Å². The SMILES string of the molecule is CCOC(=O)C1=C(c2ccccc2)Nc2ncnn2C1c1ccc(OCc2ccc(F)cc2)cc1. The van der Waals surface area contributed by atoms with Crippen LogP contribution in [-0.4, -0.2) is 27.3 Å². The maximum Gasteiger partial charge on any atom is 0.338 e. The molecule has 0 saturated carbocycles. The Kier molecular flexibility index (Phi) is 6.26. The molecule has 35 heavy (non-hydrogen) atoms. The van der Waals surface area contributed by atoms with Gasteiger partial charge < -0.3 is 14.8 Å². The van der Waals surface area contributed by atoms with E-state index in [1.165, 1.54) is 18.5 Å². The summed E-state index contributed by atoms with van der Waals surface area (Å²) in [7, 11) is 0. The number of nitrogens with one attached hydrogen (secondary N) is 1. The average Bonchev–Trinajstić information content (AvgIpc) is 3.37. The molecule has 1 aliphatic rings. The maximum absolute atomic E-state index is 13.2. The number of hydrogen-bond donors (Lipinski definition) is 1. The van der Waals surface area contributed by atoms with Crippen molar-refractivity contribution < 1.29 is 18.7 Å². The van der Waals surface area contributed by atoms with Gasteiger partial charge in [-0.1, -0.05) is 54.6 Å². The van der Waals surface area contributed by atoms with E-state index in [0.717, 1.165) is 16.7 Å². The van der Waals surface area contributed by atoms with Gasteiger partial charge in [0.1, 0.15) is 30.5 Å². The molecule has 5 rings (SSSR count). The lowest BCUT2D eigenvalue weighted by molar-refractivity contribution is -0.138. The van der Waals surface area contributed by atoms with Crippen LogP contribution in [0.15, 0.2) is 90.8 Å². The molecule has 2 heterocycles. The summed E-state index contributed by atoms with van der Waals surface area (Å²) >= 11 is 0. The third-order valence-electron chi connectivity index (χ3n) is 5.67. The summed E-state index contributed by atoms with van der Waals surface area (Å²) in [6.07, 6.45) is 1.45. The molecule has 0 spiro atoms. The van der Waals surface area contributed by atoms with Crippen LogP contribution in [0.3, 0.4) is 0 Å². The predicted octanol–water partition coefficient (Wildman–Crippen LogP) is 4.99. The molecule has 0 bridgehead atoms. The van der Waals surface area contributed by atoms with Gasteiger partial charge in [-0.3, -0.25) is 0 Å². The molecule has 0 amide bonds. The minimum atomic E-state index is -0.547.